The second-order valence-electron chi connectivity index (χ2n) is 4.60. The molecule has 110 valence electrons. The van der Waals surface area contributed by atoms with Crippen LogP contribution < -0.4 is 15.8 Å². The van der Waals surface area contributed by atoms with E-state index in [-0.39, 0.29) is 0 Å². The van der Waals surface area contributed by atoms with Gasteiger partial charge in [0.05, 0.1) is 25.5 Å². The molecule has 0 spiro atoms. The highest BCUT2D eigenvalue weighted by atomic mass is 16.5. The van der Waals surface area contributed by atoms with Gasteiger partial charge in [-0.25, -0.2) is 4.79 Å². The van der Waals surface area contributed by atoms with Crippen LogP contribution in [0.15, 0.2) is 36.4 Å². The molecular formula is C16H18N2O3. The van der Waals surface area contributed by atoms with Crippen LogP contribution in [-0.2, 0) is 4.74 Å². The molecule has 0 bridgehead atoms. The Morgan fingerprint density at radius 2 is 1.81 bits per heavy atom. The van der Waals surface area contributed by atoms with Crippen molar-refractivity contribution in [3.8, 4) is 5.75 Å². The van der Waals surface area contributed by atoms with E-state index in [1.165, 1.54) is 7.11 Å². The number of nitrogens with two attached hydrogens (primary N) is 1. The van der Waals surface area contributed by atoms with E-state index in [2.05, 4.69) is 5.32 Å². The van der Waals surface area contributed by atoms with Crippen molar-refractivity contribution in [2.75, 3.05) is 25.3 Å². The monoisotopic (exact) mass is 286 g/mol. The maximum absolute atomic E-state index is 11.8. The third-order valence-corrected chi connectivity index (χ3v) is 3.15. The fourth-order valence-electron chi connectivity index (χ4n) is 2.00. The zero-order valence-electron chi connectivity index (χ0n) is 12.3. The lowest BCUT2D eigenvalue weighted by molar-refractivity contribution is 0.0602. The number of carbonyl (C=O) groups is 1. The molecule has 0 saturated heterocycles. The van der Waals surface area contributed by atoms with Gasteiger partial charge in [0, 0.05) is 11.4 Å². The molecule has 0 heterocycles. The molecule has 0 aromatic heterocycles. The summed E-state index contributed by atoms with van der Waals surface area (Å²) in [5, 5.41) is 3.22. The summed E-state index contributed by atoms with van der Waals surface area (Å²) in [6, 6.07) is 10.7. The average molecular weight is 286 g/mol. The lowest BCUT2D eigenvalue weighted by Crippen LogP contribution is -2.07. The molecule has 0 amide bonds. The van der Waals surface area contributed by atoms with Crippen molar-refractivity contribution in [2.24, 2.45) is 0 Å². The van der Waals surface area contributed by atoms with Gasteiger partial charge < -0.3 is 20.5 Å². The maximum Gasteiger partial charge on any atom is 0.340 e. The van der Waals surface area contributed by atoms with E-state index < -0.39 is 5.97 Å². The summed E-state index contributed by atoms with van der Waals surface area (Å²) in [6.45, 7) is 1.96. The van der Waals surface area contributed by atoms with Crippen LogP contribution in [0.25, 0.3) is 0 Å². The summed E-state index contributed by atoms with van der Waals surface area (Å²) in [4.78, 5) is 11.8. The van der Waals surface area contributed by atoms with Gasteiger partial charge in [-0.3, -0.25) is 0 Å². The predicted molar refractivity (Wildman–Crippen MR) is 83.2 cm³/mol. The third kappa shape index (κ3) is 3.25. The number of ether oxygens (including phenoxy) is 2. The Kier molecular flexibility index (Phi) is 4.33. The molecule has 5 nitrogen and oxygen atoms in total. The van der Waals surface area contributed by atoms with Gasteiger partial charge in [0.25, 0.3) is 0 Å². The second-order valence-corrected chi connectivity index (χ2v) is 4.60. The van der Waals surface area contributed by atoms with E-state index in [9.17, 15) is 4.79 Å². The van der Waals surface area contributed by atoms with E-state index in [0.29, 0.717) is 16.9 Å². The van der Waals surface area contributed by atoms with Crippen molar-refractivity contribution in [1.29, 1.82) is 0 Å². The van der Waals surface area contributed by atoms with E-state index in [1.54, 1.807) is 25.3 Å². The van der Waals surface area contributed by atoms with Crippen molar-refractivity contribution in [3.05, 3.63) is 47.5 Å². The molecule has 0 saturated carbocycles. The highest BCUT2D eigenvalue weighted by Crippen LogP contribution is 2.28. The van der Waals surface area contributed by atoms with Crippen molar-refractivity contribution in [2.45, 2.75) is 6.92 Å². The van der Waals surface area contributed by atoms with Gasteiger partial charge in [-0.05, 0) is 48.9 Å². The molecule has 0 aliphatic carbocycles. The SMILES string of the molecule is COC(=O)c1cc(N)ccc1Nc1ccc(OC)cc1C. The highest BCUT2D eigenvalue weighted by molar-refractivity contribution is 5.97. The molecule has 21 heavy (non-hydrogen) atoms. The van der Waals surface area contributed by atoms with Gasteiger partial charge in [-0.2, -0.15) is 0 Å². The van der Waals surface area contributed by atoms with Gasteiger partial charge >= 0.3 is 5.97 Å². The highest BCUT2D eigenvalue weighted by Gasteiger charge is 2.13. The Morgan fingerprint density at radius 3 is 2.43 bits per heavy atom. The van der Waals surface area contributed by atoms with Crippen LogP contribution in [0.3, 0.4) is 0 Å². The van der Waals surface area contributed by atoms with Crippen LogP contribution >= 0.6 is 0 Å². The smallest absolute Gasteiger partial charge is 0.340 e. The minimum absolute atomic E-state index is 0.396. The predicted octanol–water partition coefficient (Wildman–Crippen LogP) is 3.12. The molecule has 0 fully saturated rings. The number of esters is 1. The number of carbonyl (C=O) groups excluding carboxylic acids is 1. The Bertz CT molecular complexity index is 669. The van der Waals surface area contributed by atoms with Crippen LogP contribution in [0.5, 0.6) is 5.75 Å². The van der Waals surface area contributed by atoms with E-state index in [4.69, 9.17) is 15.2 Å². The fourth-order valence-corrected chi connectivity index (χ4v) is 2.00. The van der Waals surface area contributed by atoms with E-state index >= 15 is 0 Å². The molecule has 0 atom stereocenters. The first-order chi connectivity index (χ1) is 10.0. The quantitative estimate of drug-likeness (QED) is 0.667. The van der Waals surface area contributed by atoms with Gasteiger partial charge in [0.1, 0.15) is 5.75 Å². The molecule has 0 unspecified atom stereocenters. The number of nitrogen functional groups attached to an aromatic ring is 1. The molecule has 0 aliphatic rings. The molecule has 5 heteroatoms. The Labute approximate surface area is 123 Å². The molecule has 0 radical (unpaired) electrons. The first-order valence-corrected chi connectivity index (χ1v) is 6.44. The molecule has 2 aromatic rings. The lowest BCUT2D eigenvalue weighted by atomic mass is 10.1. The fraction of sp³-hybridized carbons (Fsp3) is 0.188. The minimum atomic E-state index is -0.434. The van der Waals surface area contributed by atoms with Crippen molar-refractivity contribution < 1.29 is 14.3 Å². The maximum atomic E-state index is 11.8. The third-order valence-electron chi connectivity index (χ3n) is 3.15. The summed E-state index contributed by atoms with van der Waals surface area (Å²) in [6.07, 6.45) is 0. The minimum Gasteiger partial charge on any atom is -0.497 e. The molecule has 2 rings (SSSR count). The zero-order chi connectivity index (χ0) is 15.4. The Morgan fingerprint density at radius 1 is 1.10 bits per heavy atom. The normalized spacial score (nSPS) is 10.0. The largest absolute Gasteiger partial charge is 0.497 e. The van der Waals surface area contributed by atoms with Crippen molar-refractivity contribution in [1.82, 2.24) is 0 Å². The van der Waals surface area contributed by atoms with Crippen LogP contribution in [0.2, 0.25) is 0 Å². The van der Waals surface area contributed by atoms with Gasteiger partial charge in [0.15, 0.2) is 0 Å². The van der Waals surface area contributed by atoms with Crippen LogP contribution in [0, 0.1) is 6.92 Å². The number of anilines is 3. The number of benzene rings is 2. The van der Waals surface area contributed by atoms with Crippen LogP contribution in [0.4, 0.5) is 17.1 Å². The van der Waals surface area contributed by atoms with E-state index in [1.807, 2.05) is 25.1 Å². The summed E-state index contributed by atoms with van der Waals surface area (Å²) in [5.41, 5.74) is 9.16. The average Bonchev–Trinajstić information content (AvgIpc) is 2.49. The van der Waals surface area contributed by atoms with Crippen molar-refractivity contribution >= 4 is 23.0 Å². The summed E-state index contributed by atoms with van der Waals surface area (Å²) in [7, 11) is 2.96. The first-order valence-electron chi connectivity index (χ1n) is 6.44. The van der Waals surface area contributed by atoms with E-state index in [0.717, 1.165) is 17.0 Å². The standard InChI is InChI=1S/C16H18N2O3/c1-10-8-12(20-2)5-7-14(10)18-15-6-4-11(17)9-13(15)16(19)21-3/h4-9,18H,17H2,1-3H3. The second kappa shape index (κ2) is 6.17. The summed E-state index contributed by atoms with van der Waals surface area (Å²) < 4.78 is 9.96. The summed E-state index contributed by atoms with van der Waals surface area (Å²) in [5.74, 6) is 0.347. The molecule has 2 aromatic carbocycles. The molecule has 3 N–H and O–H groups in total. The number of nitrogens with one attached hydrogen (secondary N) is 1. The van der Waals surface area contributed by atoms with Gasteiger partial charge in [-0.15, -0.1) is 0 Å². The number of methoxy groups -OCH3 is 2. The zero-order valence-corrected chi connectivity index (χ0v) is 12.3. The first kappa shape index (κ1) is 14.7. The Hall–Kier alpha value is -2.69. The number of aryl methyl sites for hydroxylation is 1. The topological polar surface area (TPSA) is 73.6 Å². The lowest BCUT2D eigenvalue weighted by Gasteiger charge is -2.14. The number of hydrogen-bond acceptors (Lipinski definition) is 5. The van der Waals surface area contributed by atoms with Crippen LogP contribution in [-0.4, -0.2) is 20.2 Å². The number of hydrogen-bond donors (Lipinski definition) is 2. The summed E-state index contributed by atoms with van der Waals surface area (Å²) >= 11 is 0. The Balaban J connectivity index is 2.37. The van der Waals surface area contributed by atoms with Crippen molar-refractivity contribution in [3.63, 3.8) is 0 Å². The van der Waals surface area contributed by atoms with Crippen LogP contribution in [0.1, 0.15) is 15.9 Å². The molecule has 0 aliphatic heterocycles. The van der Waals surface area contributed by atoms with Gasteiger partial charge in [-0.1, -0.05) is 0 Å². The number of rotatable bonds is 4. The van der Waals surface area contributed by atoms with Gasteiger partial charge in [0.2, 0.25) is 0 Å². The molecular weight excluding hydrogens is 268 g/mol.